The second kappa shape index (κ2) is 8.12. The maximum atomic E-state index is 10.8. The van der Waals surface area contributed by atoms with Gasteiger partial charge in [-0.25, -0.2) is 4.79 Å². The molecule has 5 nitrogen and oxygen atoms in total. The summed E-state index contributed by atoms with van der Waals surface area (Å²) in [5, 5.41) is 14.0. The number of amides is 1. The van der Waals surface area contributed by atoms with Crippen molar-refractivity contribution in [3.63, 3.8) is 0 Å². The van der Waals surface area contributed by atoms with E-state index in [4.69, 9.17) is 17.3 Å². The van der Waals surface area contributed by atoms with Gasteiger partial charge < -0.3 is 15.7 Å². The Morgan fingerprint density at radius 1 is 1.62 bits per heavy atom. The molecule has 0 aromatic heterocycles. The van der Waals surface area contributed by atoms with E-state index in [0.717, 1.165) is 0 Å². The normalized spacial score (nSPS) is 11.3. The molecule has 0 saturated carbocycles. The van der Waals surface area contributed by atoms with Crippen molar-refractivity contribution in [1.82, 2.24) is 10.6 Å². The third kappa shape index (κ3) is 7.24. The number of thiocarbonyl (C=S) groups is 1. The van der Waals surface area contributed by atoms with Crippen molar-refractivity contribution in [2.45, 2.75) is 13.0 Å². The lowest BCUT2D eigenvalue weighted by Crippen LogP contribution is -2.42. The summed E-state index contributed by atoms with van der Waals surface area (Å²) in [5.41, 5.74) is 0. The molecule has 90 valence electrons. The molecule has 0 radical (unpaired) electrons. The zero-order valence-electron chi connectivity index (χ0n) is 8.86. The fourth-order valence-corrected chi connectivity index (χ4v) is 1.80. The lowest BCUT2D eigenvalue weighted by Gasteiger charge is -2.13. The maximum absolute atomic E-state index is 10.8. The molecule has 0 saturated heterocycles. The largest absolute Gasteiger partial charge is 0.480 e. The average Bonchev–Trinajstić information content (AvgIpc) is 2.20. The molecule has 0 fully saturated rings. The summed E-state index contributed by atoms with van der Waals surface area (Å²) in [4.78, 5) is 21.5. The third-order valence-electron chi connectivity index (χ3n) is 1.45. The van der Waals surface area contributed by atoms with Gasteiger partial charge in [-0.05, 0) is 0 Å². The summed E-state index contributed by atoms with van der Waals surface area (Å²) >= 11 is 6.11. The number of hydrogen-bond acceptors (Lipinski definition) is 4. The van der Waals surface area contributed by atoms with E-state index >= 15 is 0 Å². The standard InChI is InChI=1S/C9H14N2O3S2/c1-3-4-10-9(15)16-5-7(8(13)14)11-6(2)12/h3,7H,1,4-5H2,2H3,(H,10,15)(H,11,12)(H,13,14). The van der Waals surface area contributed by atoms with Crippen LogP contribution in [-0.4, -0.2) is 39.6 Å². The number of nitrogens with one attached hydrogen (secondary N) is 2. The monoisotopic (exact) mass is 262 g/mol. The first-order valence-electron chi connectivity index (χ1n) is 4.48. The summed E-state index contributed by atoms with van der Waals surface area (Å²) in [6.07, 6.45) is 1.65. The molecular weight excluding hydrogens is 248 g/mol. The lowest BCUT2D eigenvalue weighted by atomic mass is 10.3. The number of hydrogen-bond donors (Lipinski definition) is 3. The van der Waals surface area contributed by atoms with Crippen LogP contribution in [0.5, 0.6) is 0 Å². The summed E-state index contributed by atoms with van der Waals surface area (Å²) in [5.74, 6) is -1.26. The number of carbonyl (C=O) groups is 2. The van der Waals surface area contributed by atoms with E-state index in [0.29, 0.717) is 10.9 Å². The van der Waals surface area contributed by atoms with Crippen molar-refractivity contribution in [3.05, 3.63) is 12.7 Å². The molecule has 0 aliphatic heterocycles. The summed E-state index contributed by atoms with van der Waals surface area (Å²) < 4.78 is 0.483. The van der Waals surface area contributed by atoms with Gasteiger partial charge in [0, 0.05) is 19.2 Å². The number of thioether (sulfide) groups is 1. The number of carboxylic acids is 1. The highest BCUT2D eigenvalue weighted by molar-refractivity contribution is 8.23. The van der Waals surface area contributed by atoms with E-state index in [9.17, 15) is 9.59 Å². The van der Waals surface area contributed by atoms with Crippen LogP contribution in [-0.2, 0) is 9.59 Å². The van der Waals surface area contributed by atoms with Crippen molar-refractivity contribution >= 4 is 40.2 Å². The highest BCUT2D eigenvalue weighted by Gasteiger charge is 2.18. The fourth-order valence-electron chi connectivity index (χ4n) is 0.786. The second-order valence-electron chi connectivity index (χ2n) is 2.86. The molecule has 0 rings (SSSR count). The Bertz CT molecular complexity index is 294. The van der Waals surface area contributed by atoms with Crippen molar-refractivity contribution in [3.8, 4) is 0 Å². The Morgan fingerprint density at radius 3 is 2.69 bits per heavy atom. The van der Waals surface area contributed by atoms with Crippen LogP contribution in [0.25, 0.3) is 0 Å². The van der Waals surface area contributed by atoms with Gasteiger partial charge in [0.05, 0.1) is 0 Å². The van der Waals surface area contributed by atoms with Gasteiger partial charge in [-0.1, -0.05) is 30.1 Å². The topological polar surface area (TPSA) is 78.4 Å². The molecule has 0 aliphatic rings. The molecule has 0 heterocycles. The quantitative estimate of drug-likeness (QED) is 0.474. The lowest BCUT2D eigenvalue weighted by molar-refractivity contribution is -0.140. The Morgan fingerprint density at radius 2 is 2.25 bits per heavy atom. The van der Waals surface area contributed by atoms with Crippen molar-refractivity contribution in [1.29, 1.82) is 0 Å². The van der Waals surface area contributed by atoms with E-state index in [-0.39, 0.29) is 11.7 Å². The minimum absolute atomic E-state index is 0.192. The smallest absolute Gasteiger partial charge is 0.327 e. The Hall–Kier alpha value is -1.08. The van der Waals surface area contributed by atoms with Crippen LogP contribution in [0.3, 0.4) is 0 Å². The molecule has 0 aromatic carbocycles. The van der Waals surface area contributed by atoms with Gasteiger partial charge in [-0.15, -0.1) is 6.58 Å². The van der Waals surface area contributed by atoms with Gasteiger partial charge in [-0.3, -0.25) is 4.79 Å². The molecule has 3 N–H and O–H groups in total. The third-order valence-corrected chi connectivity index (χ3v) is 2.85. The van der Waals surface area contributed by atoms with Crippen molar-refractivity contribution in [2.75, 3.05) is 12.3 Å². The molecule has 0 spiro atoms. The van der Waals surface area contributed by atoms with Crippen LogP contribution in [0.4, 0.5) is 0 Å². The molecule has 16 heavy (non-hydrogen) atoms. The van der Waals surface area contributed by atoms with Gasteiger partial charge in [0.25, 0.3) is 0 Å². The van der Waals surface area contributed by atoms with E-state index in [1.807, 2.05) is 0 Å². The van der Waals surface area contributed by atoms with Crippen LogP contribution in [0, 0.1) is 0 Å². The highest BCUT2D eigenvalue weighted by atomic mass is 32.2. The van der Waals surface area contributed by atoms with E-state index < -0.39 is 12.0 Å². The molecule has 7 heteroatoms. The van der Waals surface area contributed by atoms with Gasteiger partial charge in [0.1, 0.15) is 10.4 Å². The van der Waals surface area contributed by atoms with Crippen LogP contribution < -0.4 is 10.6 Å². The Labute approximate surface area is 104 Å². The zero-order valence-corrected chi connectivity index (χ0v) is 10.5. The van der Waals surface area contributed by atoms with Gasteiger partial charge >= 0.3 is 5.97 Å². The SMILES string of the molecule is C=CCNC(=S)SCC(NC(C)=O)C(=O)O. The van der Waals surface area contributed by atoms with Crippen LogP contribution in [0.2, 0.25) is 0 Å². The van der Waals surface area contributed by atoms with Crippen molar-refractivity contribution in [2.24, 2.45) is 0 Å². The zero-order chi connectivity index (χ0) is 12.6. The molecular formula is C9H14N2O3S2. The Balaban J connectivity index is 4.01. The first-order valence-corrected chi connectivity index (χ1v) is 5.88. The number of rotatable bonds is 6. The number of carboxylic acid groups (broad SMARTS) is 1. The van der Waals surface area contributed by atoms with Crippen LogP contribution in [0.1, 0.15) is 6.92 Å². The first kappa shape index (κ1) is 14.9. The summed E-state index contributed by atoms with van der Waals surface area (Å²) in [7, 11) is 0. The minimum atomic E-state index is -1.07. The first-order chi connectivity index (χ1) is 7.47. The van der Waals surface area contributed by atoms with Gasteiger partial charge in [0.15, 0.2) is 0 Å². The molecule has 1 amide bonds. The average molecular weight is 262 g/mol. The Kier molecular flexibility index (Phi) is 7.57. The number of aliphatic carboxylic acids is 1. The van der Waals surface area contributed by atoms with Crippen molar-refractivity contribution < 1.29 is 14.7 Å². The molecule has 0 bridgehead atoms. The van der Waals surface area contributed by atoms with Crippen LogP contribution >= 0.6 is 24.0 Å². The molecule has 1 atom stereocenters. The molecule has 0 aromatic rings. The maximum Gasteiger partial charge on any atom is 0.327 e. The van der Waals surface area contributed by atoms with Gasteiger partial charge in [0.2, 0.25) is 5.91 Å². The van der Waals surface area contributed by atoms with Crippen LogP contribution in [0.15, 0.2) is 12.7 Å². The number of carbonyl (C=O) groups excluding carboxylic acids is 1. The van der Waals surface area contributed by atoms with E-state index in [1.54, 1.807) is 6.08 Å². The fraction of sp³-hybridized carbons (Fsp3) is 0.444. The second-order valence-corrected chi connectivity index (χ2v) is 4.56. The van der Waals surface area contributed by atoms with Gasteiger partial charge in [-0.2, -0.15) is 0 Å². The minimum Gasteiger partial charge on any atom is -0.480 e. The molecule has 0 aliphatic carbocycles. The molecule has 1 unspecified atom stereocenters. The summed E-state index contributed by atoms with van der Waals surface area (Å²) in [6, 6.07) is -0.925. The predicted octanol–water partition coefficient (Wildman–Crippen LogP) is 0.369. The predicted molar refractivity (Wildman–Crippen MR) is 68.5 cm³/mol. The summed E-state index contributed by atoms with van der Waals surface area (Å²) in [6.45, 7) is 5.32. The van der Waals surface area contributed by atoms with E-state index in [1.165, 1.54) is 18.7 Å². The highest BCUT2D eigenvalue weighted by Crippen LogP contribution is 2.05. The van der Waals surface area contributed by atoms with E-state index in [2.05, 4.69) is 17.2 Å².